The predicted octanol–water partition coefficient (Wildman–Crippen LogP) is 1.21. The lowest BCUT2D eigenvalue weighted by Gasteiger charge is -2.29. The molecule has 3 atom stereocenters. The van der Waals surface area contributed by atoms with Gasteiger partial charge in [-0.1, -0.05) is 19.1 Å². The number of rotatable bonds is 6. The van der Waals surface area contributed by atoms with E-state index in [-0.39, 0.29) is 30.0 Å². The van der Waals surface area contributed by atoms with Crippen LogP contribution in [0.15, 0.2) is 24.3 Å². The maximum absolute atomic E-state index is 12.3. The summed E-state index contributed by atoms with van der Waals surface area (Å²) >= 11 is 0. The van der Waals surface area contributed by atoms with Gasteiger partial charge < -0.3 is 20.7 Å². The van der Waals surface area contributed by atoms with Crippen molar-refractivity contribution in [1.82, 2.24) is 16.0 Å². The molecule has 1 aliphatic heterocycles. The second-order valence-corrected chi connectivity index (χ2v) is 6.21. The highest BCUT2D eigenvalue weighted by Crippen LogP contribution is 2.08. The smallest absolute Gasteiger partial charge is 0.251 e. The third-order valence-electron chi connectivity index (χ3n) is 4.24. The molecule has 3 N–H and O–H groups in total. The average molecular weight is 333 g/mol. The summed E-state index contributed by atoms with van der Waals surface area (Å²) in [5, 5.41) is 9.01. The van der Waals surface area contributed by atoms with Crippen molar-refractivity contribution in [2.75, 3.05) is 13.2 Å². The fraction of sp³-hybridized carbons (Fsp3) is 0.556. The van der Waals surface area contributed by atoms with Crippen LogP contribution in [-0.2, 0) is 16.1 Å². The summed E-state index contributed by atoms with van der Waals surface area (Å²) < 4.78 is 5.49. The highest BCUT2D eigenvalue weighted by atomic mass is 16.5. The molecule has 0 aromatic heterocycles. The zero-order valence-electron chi connectivity index (χ0n) is 14.6. The van der Waals surface area contributed by atoms with Crippen LogP contribution >= 0.6 is 0 Å². The second kappa shape index (κ2) is 8.80. The Morgan fingerprint density at radius 1 is 1.42 bits per heavy atom. The topological polar surface area (TPSA) is 79.5 Å². The first-order valence-corrected chi connectivity index (χ1v) is 8.53. The molecule has 1 aromatic rings. The number of hydrogen-bond acceptors (Lipinski definition) is 4. The second-order valence-electron chi connectivity index (χ2n) is 6.21. The van der Waals surface area contributed by atoms with Gasteiger partial charge in [-0.25, -0.2) is 0 Å². The SMILES string of the molecule is CCC(C)NC(=O)c1cccc(CNC(=O)[C@H]2NCCO[C@@H]2C)c1. The molecule has 2 amide bonds. The van der Waals surface area contributed by atoms with Crippen LogP contribution in [0, 0.1) is 0 Å². The Morgan fingerprint density at radius 3 is 2.92 bits per heavy atom. The van der Waals surface area contributed by atoms with Crippen LogP contribution in [0.5, 0.6) is 0 Å². The zero-order chi connectivity index (χ0) is 17.5. The van der Waals surface area contributed by atoms with Gasteiger partial charge in [0.2, 0.25) is 5.91 Å². The van der Waals surface area contributed by atoms with Crippen molar-refractivity contribution in [3.05, 3.63) is 35.4 Å². The number of benzene rings is 1. The van der Waals surface area contributed by atoms with Gasteiger partial charge >= 0.3 is 0 Å². The van der Waals surface area contributed by atoms with Gasteiger partial charge in [-0.05, 0) is 38.0 Å². The minimum atomic E-state index is -0.337. The molecule has 1 unspecified atom stereocenters. The van der Waals surface area contributed by atoms with Crippen LogP contribution in [-0.4, -0.2) is 43.2 Å². The lowest BCUT2D eigenvalue weighted by atomic mass is 10.1. The third-order valence-corrected chi connectivity index (χ3v) is 4.24. The molecule has 2 rings (SSSR count). The maximum atomic E-state index is 12.3. The van der Waals surface area contributed by atoms with Crippen molar-refractivity contribution in [2.45, 2.75) is 51.9 Å². The molecule has 0 spiro atoms. The molecule has 0 radical (unpaired) electrons. The van der Waals surface area contributed by atoms with Gasteiger partial charge in [0.1, 0.15) is 6.04 Å². The quantitative estimate of drug-likeness (QED) is 0.731. The lowest BCUT2D eigenvalue weighted by Crippen LogP contribution is -2.55. The minimum Gasteiger partial charge on any atom is -0.375 e. The summed E-state index contributed by atoms with van der Waals surface area (Å²) in [6, 6.07) is 7.12. The Labute approximate surface area is 143 Å². The highest BCUT2D eigenvalue weighted by molar-refractivity contribution is 5.94. The van der Waals surface area contributed by atoms with Gasteiger partial charge in [-0.3, -0.25) is 9.59 Å². The average Bonchev–Trinajstić information content (AvgIpc) is 2.60. The van der Waals surface area contributed by atoms with Crippen LogP contribution in [0.3, 0.4) is 0 Å². The van der Waals surface area contributed by atoms with E-state index in [2.05, 4.69) is 16.0 Å². The molecular formula is C18H27N3O3. The van der Waals surface area contributed by atoms with Crippen LogP contribution in [0.1, 0.15) is 43.1 Å². The first-order chi connectivity index (χ1) is 11.5. The van der Waals surface area contributed by atoms with Gasteiger partial charge in [0.15, 0.2) is 0 Å². The molecule has 6 heteroatoms. The Kier molecular flexibility index (Phi) is 6.75. The van der Waals surface area contributed by atoms with Crippen molar-refractivity contribution in [3.8, 4) is 0 Å². The molecule has 24 heavy (non-hydrogen) atoms. The number of ether oxygens (including phenoxy) is 1. The maximum Gasteiger partial charge on any atom is 0.251 e. The summed E-state index contributed by atoms with van der Waals surface area (Å²) in [7, 11) is 0. The highest BCUT2D eigenvalue weighted by Gasteiger charge is 2.27. The summed E-state index contributed by atoms with van der Waals surface area (Å²) in [5.41, 5.74) is 1.50. The van der Waals surface area contributed by atoms with E-state index >= 15 is 0 Å². The Bertz CT molecular complexity index is 576. The summed E-state index contributed by atoms with van der Waals surface area (Å²) in [4.78, 5) is 24.4. The van der Waals surface area contributed by atoms with Gasteiger partial charge in [-0.2, -0.15) is 0 Å². The molecule has 1 saturated heterocycles. The Hall–Kier alpha value is -1.92. The molecule has 1 aliphatic rings. The summed E-state index contributed by atoms with van der Waals surface area (Å²) in [6.07, 6.45) is 0.738. The van der Waals surface area contributed by atoms with E-state index < -0.39 is 0 Å². The normalized spacial score (nSPS) is 21.8. The molecule has 0 aliphatic carbocycles. The summed E-state index contributed by atoms with van der Waals surface area (Å²) in [6.45, 7) is 7.57. The first-order valence-electron chi connectivity index (χ1n) is 8.53. The number of morpholine rings is 1. The molecule has 0 bridgehead atoms. The lowest BCUT2D eigenvalue weighted by molar-refractivity contribution is -0.129. The third kappa shape index (κ3) is 5.04. The minimum absolute atomic E-state index is 0.0864. The van der Waals surface area contributed by atoms with E-state index in [0.717, 1.165) is 12.0 Å². The van der Waals surface area contributed by atoms with Crippen molar-refractivity contribution >= 4 is 11.8 Å². The van der Waals surface area contributed by atoms with Crippen LogP contribution < -0.4 is 16.0 Å². The Morgan fingerprint density at radius 2 is 2.21 bits per heavy atom. The van der Waals surface area contributed by atoms with Gasteiger partial charge in [0.05, 0.1) is 12.7 Å². The van der Waals surface area contributed by atoms with Gasteiger partial charge in [0, 0.05) is 24.7 Å². The fourth-order valence-corrected chi connectivity index (χ4v) is 2.56. The van der Waals surface area contributed by atoms with Crippen LogP contribution in [0.4, 0.5) is 0 Å². The zero-order valence-corrected chi connectivity index (χ0v) is 14.6. The van der Waals surface area contributed by atoms with E-state index in [4.69, 9.17) is 4.74 Å². The first kappa shape index (κ1) is 18.4. The summed E-state index contributed by atoms with van der Waals surface area (Å²) in [5.74, 6) is -0.176. The largest absolute Gasteiger partial charge is 0.375 e. The van der Waals surface area contributed by atoms with Crippen molar-refractivity contribution in [1.29, 1.82) is 0 Å². The predicted molar refractivity (Wildman–Crippen MR) is 92.7 cm³/mol. The van der Waals surface area contributed by atoms with E-state index in [0.29, 0.717) is 25.3 Å². The monoisotopic (exact) mass is 333 g/mol. The number of carbonyl (C=O) groups excluding carboxylic acids is 2. The molecule has 132 valence electrons. The van der Waals surface area contributed by atoms with Crippen molar-refractivity contribution < 1.29 is 14.3 Å². The molecule has 1 fully saturated rings. The molecule has 1 aromatic carbocycles. The van der Waals surface area contributed by atoms with Crippen LogP contribution in [0.2, 0.25) is 0 Å². The van der Waals surface area contributed by atoms with Crippen LogP contribution in [0.25, 0.3) is 0 Å². The standard InChI is InChI=1S/C18H27N3O3/c1-4-12(2)21-17(22)15-7-5-6-14(10-15)11-20-18(23)16-13(3)24-9-8-19-16/h5-7,10,12-13,16,19H,4,8-9,11H2,1-3H3,(H,20,23)(H,21,22)/t12?,13-,16+/m1/s1. The number of hydrogen-bond donors (Lipinski definition) is 3. The van der Waals surface area contributed by atoms with Crippen molar-refractivity contribution in [3.63, 3.8) is 0 Å². The molecular weight excluding hydrogens is 306 g/mol. The number of amides is 2. The number of carbonyl (C=O) groups is 2. The Balaban J connectivity index is 1.92. The van der Waals surface area contributed by atoms with Crippen molar-refractivity contribution in [2.24, 2.45) is 0 Å². The molecule has 0 saturated carbocycles. The molecule has 6 nitrogen and oxygen atoms in total. The van der Waals surface area contributed by atoms with E-state index in [1.54, 1.807) is 6.07 Å². The van der Waals surface area contributed by atoms with Gasteiger partial charge in [-0.15, -0.1) is 0 Å². The van der Waals surface area contributed by atoms with Gasteiger partial charge in [0.25, 0.3) is 5.91 Å². The van der Waals surface area contributed by atoms with E-state index in [1.807, 2.05) is 39.0 Å². The van der Waals surface area contributed by atoms with E-state index in [1.165, 1.54) is 0 Å². The van der Waals surface area contributed by atoms with E-state index in [9.17, 15) is 9.59 Å². The molecule has 1 heterocycles. The fourth-order valence-electron chi connectivity index (χ4n) is 2.56. The number of nitrogens with one attached hydrogen (secondary N) is 3.